The molecule has 2 saturated heterocycles. The number of carbonyl (C=O) groups is 1. The Balaban J connectivity index is 1.03. The predicted molar refractivity (Wildman–Crippen MR) is 135 cm³/mol. The molecular formula is C25H34Cl2N4O3. The Bertz CT molecular complexity index is 978. The average molecular weight is 509 g/mol. The molecule has 1 aliphatic carbocycles. The van der Waals surface area contributed by atoms with Crippen molar-refractivity contribution in [3.05, 3.63) is 22.2 Å². The van der Waals surface area contributed by atoms with E-state index in [1.54, 1.807) is 6.07 Å². The topological polar surface area (TPSA) is 70.8 Å². The molecule has 186 valence electrons. The van der Waals surface area contributed by atoms with Crippen molar-refractivity contribution in [3.63, 3.8) is 0 Å². The number of fused-ring (bicyclic) bond motifs is 1. The molecule has 5 rings (SSSR count). The van der Waals surface area contributed by atoms with Crippen LogP contribution in [0.5, 0.6) is 0 Å². The molecule has 1 aromatic heterocycles. The molecule has 1 amide bonds. The van der Waals surface area contributed by atoms with Crippen LogP contribution in [0, 0.1) is 11.8 Å². The Hall–Kier alpha value is -1.54. The predicted octanol–water partition coefficient (Wildman–Crippen LogP) is 4.75. The fraction of sp³-hybridized carbons (Fsp3) is 0.680. The summed E-state index contributed by atoms with van der Waals surface area (Å²) in [5, 5.41) is 9.52. The van der Waals surface area contributed by atoms with Crippen LogP contribution < -0.4 is 10.2 Å². The van der Waals surface area contributed by atoms with Crippen LogP contribution in [-0.2, 0) is 9.53 Å². The van der Waals surface area contributed by atoms with Crippen molar-refractivity contribution in [1.29, 1.82) is 0 Å². The second-order valence-corrected chi connectivity index (χ2v) is 10.8. The minimum atomic E-state index is 0.148. The third-order valence-corrected chi connectivity index (χ3v) is 8.53. The van der Waals surface area contributed by atoms with E-state index < -0.39 is 0 Å². The van der Waals surface area contributed by atoms with Crippen molar-refractivity contribution >= 4 is 45.9 Å². The molecule has 1 aromatic carbocycles. The fourth-order valence-electron chi connectivity index (χ4n) is 5.57. The van der Waals surface area contributed by atoms with Crippen molar-refractivity contribution in [2.75, 3.05) is 50.8 Å². The third kappa shape index (κ3) is 5.64. The van der Waals surface area contributed by atoms with E-state index in [1.807, 2.05) is 6.07 Å². The van der Waals surface area contributed by atoms with Crippen LogP contribution in [0.4, 0.5) is 5.82 Å². The van der Waals surface area contributed by atoms with Crippen LogP contribution in [0.15, 0.2) is 16.7 Å². The summed E-state index contributed by atoms with van der Waals surface area (Å²) in [7, 11) is 0. The lowest BCUT2D eigenvalue weighted by Crippen LogP contribution is -2.47. The second-order valence-electron chi connectivity index (χ2n) is 10.00. The maximum absolute atomic E-state index is 12.5. The SMILES string of the molecule is O=C(NC1CCC(CCN2CCN(c3noc4cc(Cl)c(Cl)cc34)CC2)CC1)C1CCOCC1. The van der Waals surface area contributed by atoms with Crippen LogP contribution in [0.3, 0.4) is 0 Å². The van der Waals surface area contributed by atoms with Crippen LogP contribution in [0.2, 0.25) is 10.0 Å². The Morgan fingerprint density at radius 2 is 1.71 bits per heavy atom. The maximum Gasteiger partial charge on any atom is 0.223 e. The Kier molecular flexibility index (Phi) is 7.83. The van der Waals surface area contributed by atoms with Gasteiger partial charge in [-0.15, -0.1) is 0 Å². The maximum atomic E-state index is 12.5. The molecule has 1 N–H and O–H groups in total. The van der Waals surface area contributed by atoms with Gasteiger partial charge in [0.25, 0.3) is 0 Å². The minimum Gasteiger partial charge on any atom is -0.381 e. The van der Waals surface area contributed by atoms with Crippen molar-refractivity contribution in [3.8, 4) is 0 Å². The second kappa shape index (κ2) is 11.0. The van der Waals surface area contributed by atoms with E-state index in [0.717, 1.165) is 88.7 Å². The summed E-state index contributed by atoms with van der Waals surface area (Å²) in [6.07, 6.45) is 7.62. The zero-order valence-corrected chi connectivity index (χ0v) is 21.1. The summed E-state index contributed by atoms with van der Waals surface area (Å²) in [6.45, 7) is 6.46. The van der Waals surface area contributed by atoms with E-state index in [2.05, 4.69) is 20.3 Å². The van der Waals surface area contributed by atoms with Crippen LogP contribution in [-0.4, -0.2) is 67.9 Å². The summed E-state index contributed by atoms with van der Waals surface area (Å²) >= 11 is 12.3. The molecule has 7 nitrogen and oxygen atoms in total. The summed E-state index contributed by atoms with van der Waals surface area (Å²) in [4.78, 5) is 17.3. The van der Waals surface area contributed by atoms with E-state index in [9.17, 15) is 4.79 Å². The number of nitrogens with zero attached hydrogens (tertiary/aromatic N) is 3. The first kappa shape index (κ1) is 24.2. The summed E-state index contributed by atoms with van der Waals surface area (Å²) in [6, 6.07) is 3.94. The highest BCUT2D eigenvalue weighted by atomic mass is 35.5. The number of benzene rings is 1. The quantitative estimate of drug-likeness (QED) is 0.606. The first-order valence-electron chi connectivity index (χ1n) is 12.7. The van der Waals surface area contributed by atoms with E-state index in [1.165, 1.54) is 19.3 Å². The molecule has 0 bridgehead atoms. The third-order valence-electron chi connectivity index (χ3n) is 7.80. The normalized spacial score (nSPS) is 25.1. The van der Waals surface area contributed by atoms with Gasteiger partial charge in [0.2, 0.25) is 5.91 Å². The van der Waals surface area contributed by atoms with Gasteiger partial charge in [-0.2, -0.15) is 0 Å². The summed E-state index contributed by atoms with van der Waals surface area (Å²) in [5.41, 5.74) is 0.673. The van der Waals surface area contributed by atoms with Gasteiger partial charge in [0.1, 0.15) is 0 Å². The smallest absolute Gasteiger partial charge is 0.223 e. The number of nitrogens with one attached hydrogen (secondary N) is 1. The van der Waals surface area contributed by atoms with Crippen molar-refractivity contribution in [2.45, 2.75) is 51.0 Å². The van der Waals surface area contributed by atoms with Gasteiger partial charge in [-0.05, 0) is 63.5 Å². The molecule has 2 aliphatic heterocycles. The molecule has 9 heteroatoms. The van der Waals surface area contributed by atoms with E-state index >= 15 is 0 Å². The number of hydrogen-bond donors (Lipinski definition) is 1. The summed E-state index contributed by atoms with van der Waals surface area (Å²) in [5.74, 6) is 2.01. The van der Waals surface area contributed by atoms with Gasteiger partial charge >= 0.3 is 0 Å². The minimum absolute atomic E-state index is 0.148. The first-order valence-corrected chi connectivity index (χ1v) is 13.4. The number of piperazine rings is 1. The summed E-state index contributed by atoms with van der Waals surface area (Å²) < 4.78 is 10.9. The number of ether oxygens (including phenoxy) is 1. The highest BCUT2D eigenvalue weighted by molar-refractivity contribution is 6.42. The number of hydrogen-bond acceptors (Lipinski definition) is 6. The molecule has 3 heterocycles. The number of halogens is 2. The highest BCUT2D eigenvalue weighted by Gasteiger charge is 2.28. The average Bonchev–Trinajstić information content (AvgIpc) is 3.27. The molecule has 0 spiro atoms. The van der Waals surface area contributed by atoms with E-state index in [-0.39, 0.29) is 11.8 Å². The van der Waals surface area contributed by atoms with Gasteiger partial charge < -0.3 is 19.5 Å². The van der Waals surface area contributed by atoms with Crippen LogP contribution >= 0.6 is 23.2 Å². The molecular weight excluding hydrogens is 475 g/mol. The van der Waals surface area contributed by atoms with E-state index in [0.29, 0.717) is 21.7 Å². The molecule has 34 heavy (non-hydrogen) atoms. The molecule has 0 unspecified atom stereocenters. The highest BCUT2D eigenvalue weighted by Crippen LogP contribution is 2.34. The van der Waals surface area contributed by atoms with Crippen molar-refractivity contribution in [2.24, 2.45) is 11.8 Å². The zero-order chi connectivity index (χ0) is 23.5. The van der Waals surface area contributed by atoms with Crippen molar-refractivity contribution < 1.29 is 14.1 Å². The standard InChI is InChI=1S/C25H34Cl2N4O3/c26-21-15-20-23(16-22(21)27)34-29-24(20)31-11-9-30(10-12-31)8-5-17-1-3-19(4-2-17)28-25(32)18-6-13-33-14-7-18/h15-19H,1-14H2,(H,28,32). The molecule has 1 saturated carbocycles. The lowest BCUT2D eigenvalue weighted by Gasteiger charge is -2.36. The van der Waals surface area contributed by atoms with Gasteiger partial charge in [-0.3, -0.25) is 9.69 Å². The van der Waals surface area contributed by atoms with Crippen LogP contribution in [0.1, 0.15) is 44.9 Å². The molecule has 2 aromatic rings. The fourth-order valence-corrected chi connectivity index (χ4v) is 5.89. The van der Waals surface area contributed by atoms with Crippen LogP contribution in [0.25, 0.3) is 11.0 Å². The number of carbonyl (C=O) groups excluding carboxylic acids is 1. The van der Waals surface area contributed by atoms with Gasteiger partial charge in [0, 0.05) is 57.4 Å². The lowest BCUT2D eigenvalue weighted by molar-refractivity contribution is -0.128. The number of anilines is 1. The Morgan fingerprint density at radius 1 is 1.00 bits per heavy atom. The zero-order valence-electron chi connectivity index (χ0n) is 19.6. The van der Waals surface area contributed by atoms with Gasteiger partial charge in [0.15, 0.2) is 11.4 Å². The number of amides is 1. The van der Waals surface area contributed by atoms with Gasteiger partial charge in [0.05, 0.1) is 15.4 Å². The van der Waals surface area contributed by atoms with Gasteiger partial charge in [-0.25, -0.2) is 0 Å². The molecule has 3 fully saturated rings. The van der Waals surface area contributed by atoms with Crippen molar-refractivity contribution in [1.82, 2.24) is 15.4 Å². The largest absolute Gasteiger partial charge is 0.381 e. The Labute approximate surface area is 211 Å². The lowest BCUT2D eigenvalue weighted by atomic mass is 9.83. The Morgan fingerprint density at radius 3 is 2.44 bits per heavy atom. The molecule has 3 aliphatic rings. The molecule has 0 radical (unpaired) electrons. The first-order chi connectivity index (χ1) is 16.6. The molecule has 0 atom stereocenters. The van der Waals surface area contributed by atoms with Gasteiger partial charge in [-0.1, -0.05) is 28.4 Å². The monoisotopic (exact) mass is 508 g/mol. The number of rotatable bonds is 6. The number of aromatic nitrogens is 1. The van der Waals surface area contributed by atoms with E-state index in [4.69, 9.17) is 32.5 Å².